The average molecular weight is 507 g/mol. The van der Waals surface area contributed by atoms with Gasteiger partial charge in [0, 0.05) is 30.2 Å². The number of carbonyl (C=O) groups is 1. The number of pyridine rings is 1. The molecule has 0 aliphatic rings. The molecule has 0 fully saturated rings. The number of amides is 1. The Morgan fingerprint density at radius 3 is 2.40 bits per heavy atom. The normalized spacial score (nSPS) is 12.3. The second kappa shape index (κ2) is 10.9. The van der Waals surface area contributed by atoms with Crippen molar-refractivity contribution in [2.75, 3.05) is 17.3 Å². The predicted molar refractivity (Wildman–Crippen MR) is 126 cm³/mol. The summed E-state index contributed by atoms with van der Waals surface area (Å²) in [6.07, 6.45) is -4.57. The minimum absolute atomic E-state index is 0.00653. The van der Waals surface area contributed by atoms with Crippen LogP contribution in [0, 0.1) is 6.92 Å². The maximum Gasteiger partial charge on any atom is 0.416 e. The van der Waals surface area contributed by atoms with Crippen LogP contribution in [0.3, 0.4) is 0 Å². The summed E-state index contributed by atoms with van der Waals surface area (Å²) in [5, 5.41) is 2.64. The summed E-state index contributed by atoms with van der Waals surface area (Å²) in [5.74, 6) is -0.810. The van der Waals surface area contributed by atoms with Gasteiger partial charge >= 0.3 is 6.18 Å². The molecule has 3 rings (SSSR count). The zero-order chi connectivity index (χ0) is 25.8. The van der Waals surface area contributed by atoms with Crippen molar-refractivity contribution in [1.82, 2.24) is 9.88 Å². The molecule has 0 bridgehead atoms. The number of nitrogens with zero attached hydrogens (tertiary/aromatic N) is 2. The Morgan fingerprint density at radius 1 is 1.11 bits per heavy atom. The molecule has 1 atom stereocenters. The second-order valence-corrected chi connectivity index (χ2v) is 8.58. The third-order valence-electron chi connectivity index (χ3n) is 5.35. The maximum atomic E-state index is 13.1. The molecule has 0 radical (unpaired) electrons. The number of nitrogens with one attached hydrogen (secondary N) is 1. The van der Waals surface area contributed by atoms with Gasteiger partial charge in [0.1, 0.15) is 5.56 Å². The highest BCUT2D eigenvalue weighted by Crippen LogP contribution is 2.30. The molecule has 1 N–H and O–H groups in total. The van der Waals surface area contributed by atoms with Gasteiger partial charge in [0.2, 0.25) is 0 Å². The van der Waals surface area contributed by atoms with Gasteiger partial charge in [-0.25, -0.2) is 0 Å². The van der Waals surface area contributed by atoms with Crippen LogP contribution >= 0.6 is 0 Å². The molecule has 7 nitrogen and oxygen atoms in total. The van der Waals surface area contributed by atoms with Crippen molar-refractivity contribution in [3.8, 4) is 5.69 Å². The maximum absolute atomic E-state index is 13.1. The Bertz CT molecular complexity index is 1290. The molecule has 0 saturated heterocycles. The lowest BCUT2D eigenvalue weighted by molar-refractivity contribution is -0.137. The molecule has 35 heavy (non-hydrogen) atoms. The summed E-state index contributed by atoms with van der Waals surface area (Å²) in [5.41, 5.74) is -0.0437. The number of halogens is 3. The van der Waals surface area contributed by atoms with E-state index < -0.39 is 34.3 Å². The molecule has 11 heteroatoms. The fraction of sp³-hybridized carbons (Fsp3) is 0.250. The van der Waals surface area contributed by atoms with Gasteiger partial charge < -0.3 is 14.8 Å². The van der Waals surface area contributed by atoms with Crippen LogP contribution in [0.15, 0.2) is 65.5 Å². The van der Waals surface area contributed by atoms with Crippen LogP contribution in [0.4, 0.5) is 18.9 Å². The fourth-order valence-electron chi connectivity index (χ4n) is 3.52. The van der Waals surface area contributed by atoms with Crippen LogP contribution in [0.1, 0.15) is 34.1 Å². The Balaban J connectivity index is 1.79. The molecule has 0 aliphatic heterocycles. The largest absolute Gasteiger partial charge is 0.771 e. The van der Waals surface area contributed by atoms with Gasteiger partial charge in [0.25, 0.3) is 11.5 Å². The lowest BCUT2D eigenvalue weighted by atomic mass is 10.1. The van der Waals surface area contributed by atoms with Crippen LogP contribution in [0.5, 0.6) is 0 Å². The predicted octanol–water partition coefficient (Wildman–Crippen LogP) is 3.76. The summed E-state index contributed by atoms with van der Waals surface area (Å²) in [7, 11) is 0. The number of aryl methyl sites for hydroxylation is 1. The monoisotopic (exact) mass is 506 g/mol. The smallest absolute Gasteiger partial charge is 0.416 e. The SMILES string of the molecule is CCN(CS(=O)[O-])c1ccc(CNC(=O)c2ccc(C)n(-c3cccc(C(F)(F)F)c3)c2=O)cc1. The first-order valence-electron chi connectivity index (χ1n) is 10.6. The van der Waals surface area contributed by atoms with Gasteiger partial charge in [0.05, 0.1) is 11.4 Å². The van der Waals surface area contributed by atoms with E-state index in [0.717, 1.165) is 16.7 Å². The van der Waals surface area contributed by atoms with Crippen LogP contribution < -0.4 is 15.8 Å². The molecule has 0 spiro atoms. The summed E-state index contributed by atoms with van der Waals surface area (Å²) < 4.78 is 62.4. The van der Waals surface area contributed by atoms with Crippen LogP contribution in [0.25, 0.3) is 5.69 Å². The molecule has 1 aromatic heterocycles. The summed E-state index contributed by atoms with van der Waals surface area (Å²) >= 11 is -2.23. The Morgan fingerprint density at radius 2 is 1.80 bits per heavy atom. The van der Waals surface area contributed by atoms with Crippen molar-refractivity contribution in [2.45, 2.75) is 26.6 Å². The van der Waals surface area contributed by atoms with Crippen LogP contribution in [-0.4, -0.2) is 31.7 Å². The summed E-state index contributed by atoms with van der Waals surface area (Å²) in [6, 6.07) is 14.1. The van der Waals surface area contributed by atoms with E-state index >= 15 is 0 Å². The quantitative estimate of drug-likeness (QED) is 0.470. The lowest BCUT2D eigenvalue weighted by Crippen LogP contribution is -2.33. The van der Waals surface area contributed by atoms with Gasteiger partial charge in [-0.3, -0.25) is 18.4 Å². The molecule has 186 valence electrons. The Kier molecular flexibility index (Phi) is 8.13. The van der Waals surface area contributed by atoms with Crippen molar-refractivity contribution in [1.29, 1.82) is 0 Å². The van der Waals surface area contributed by atoms with Gasteiger partial charge in [-0.2, -0.15) is 13.2 Å². The Labute approximate surface area is 202 Å². The van der Waals surface area contributed by atoms with Crippen molar-refractivity contribution in [3.63, 3.8) is 0 Å². The molecule has 3 aromatic rings. The number of benzene rings is 2. The van der Waals surface area contributed by atoms with E-state index in [1.807, 2.05) is 6.92 Å². The van der Waals surface area contributed by atoms with E-state index in [1.54, 1.807) is 36.1 Å². The third kappa shape index (κ3) is 6.37. The van der Waals surface area contributed by atoms with E-state index in [0.29, 0.717) is 23.5 Å². The van der Waals surface area contributed by atoms with E-state index in [1.165, 1.54) is 24.3 Å². The number of carbonyl (C=O) groups excluding carboxylic acids is 1. The van der Waals surface area contributed by atoms with Crippen LogP contribution in [0.2, 0.25) is 0 Å². The lowest BCUT2D eigenvalue weighted by Gasteiger charge is -2.24. The van der Waals surface area contributed by atoms with Crippen LogP contribution in [-0.2, 0) is 23.8 Å². The topological polar surface area (TPSA) is 94.5 Å². The molecular formula is C24H23F3N3O4S-. The van der Waals surface area contributed by atoms with Crippen molar-refractivity contribution in [3.05, 3.63) is 93.4 Å². The van der Waals surface area contributed by atoms with E-state index in [-0.39, 0.29) is 23.7 Å². The number of hydrogen-bond donors (Lipinski definition) is 1. The highest BCUT2D eigenvalue weighted by atomic mass is 32.2. The molecular weight excluding hydrogens is 483 g/mol. The number of rotatable bonds is 8. The fourth-order valence-corrected chi connectivity index (χ4v) is 4.11. The molecule has 1 heterocycles. The third-order valence-corrected chi connectivity index (χ3v) is 5.87. The molecule has 0 aliphatic carbocycles. The highest BCUT2D eigenvalue weighted by molar-refractivity contribution is 7.79. The average Bonchev–Trinajstić information content (AvgIpc) is 2.81. The molecule has 2 aromatic carbocycles. The van der Waals surface area contributed by atoms with Gasteiger partial charge in [-0.15, -0.1) is 0 Å². The number of aromatic nitrogens is 1. The van der Waals surface area contributed by atoms with E-state index in [4.69, 9.17) is 0 Å². The van der Waals surface area contributed by atoms with Gasteiger partial charge in [0.15, 0.2) is 0 Å². The first-order chi connectivity index (χ1) is 16.5. The second-order valence-electron chi connectivity index (χ2n) is 7.72. The van der Waals surface area contributed by atoms with Crippen molar-refractivity contribution in [2.24, 2.45) is 0 Å². The molecule has 1 unspecified atom stereocenters. The first-order valence-corrected chi connectivity index (χ1v) is 11.8. The minimum Gasteiger partial charge on any atom is -0.771 e. The van der Waals surface area contributed by atoms with E-state index in [2.05, 4.69) is 5.32 Å². The zero-order valence-corrected chi connectivity index (χ0v) is 19.8. The highest BCUT2D eigenvalue weighted by Gasteiger charge is 2.30. The molecule has 0 saturated carbocycles. The molecule has 1 amide bonds. The first kappa shape index (κ1) is 26.2. The van der Waals surface area contributed by atoms with Gasteiger partial charge in [-0.05, 0) is 73.0 Å². The number of anilines is 1. The minimum atomic E-state index is -4.57. The van der Waals surface area contributed by atoms with Crippen molar-refractivity contribution < 1.29 is 26.7 Å². The Hall–Kier alpha value is -3.44. The van der Waals surface area contributed by atoms with E-state index in [9.17, 15) is 31.5 Å². The summed E-state index contributed by atoms with van der Waals surface area (Å²) in [4.78, 5) is 27.4. The number of alkyl halides is 3. The van der Waals surface area contributed by atoms with Gasteiger partial charge in [-0.1, -0.05) is 18.2 Å². The van der Waals surface area contributed by atoms with Crippen molar-refractivity contribution >= 4 is 22.7 Å². The summed E-state index contributed by atoms with van der Waals surface area (Å²) in [6.45, 7) is 3.98. The number of hydrogen-bond acceptors (Lipinski definition) is 5. The zero-order valence-electron chi connectivity index (χ0n) is 19.0. The standard InChI is InChI=1S/C24H24F3N3O4S/c1-3-29(15-35(33)34)19-10-8-17(9-11-19)14-28-22(31)21-12-7-16(2)30(23(21)32)20-6-4-5-18(13-20)24(25,26)27/h4-13H,3,14-15H2,1-2H3,(H,28,31)(H,33,34)/p-1.